The van der Waals surface area contributed by atoms with Crippen molar-refractivity contribution in [1.29, 1.82) is 5.26 Å². The highest BCUT2D eigenvalue weighted by atomic mass is 35.5. The van der Waals surface area contributed by atoms with E-state index in [-0.39, 0.29) is 12.4 Å². The second-order valence-electron chi connectivity index (χ2n) is 2.52. The van der Waals surface area contributed by atoms with E-state index in [0.29, 0.717) is 17.9 Å². The number of hydrogen-bond donors (Lipinski definition) is 0. The van der Waals surface area contributed by atoms with E-state index in [1.807, 2.05) is 12.1 Å². The zero-order valence-corrected chi connectivity index (χ0v) is 8.93. The molecule has 0 saturated carbocycles. The van der Waals surface area contributed by atoms with Gasteiger partial charge in [-0.25, -0.2) is 0 Å². The molecule has 0 saturated heterocycles. The van der Waals surface area contributed by atoms with Gasteiger partial charge in [-0.15, -0.1) is 12.4 Å². The van der Waals surface area contributed by atoms with Crippen molar-refractivity contribution in [2.75, 3.05) is 14.2 Å². The molecule has 1 rings (SSSR count). The van der Waals surface area contributed by atoms with Gasteiger partial charge in [0.15, 0.2) is 11.5 Å². The van der Waals surface area contributed by atoms with Crippen molar-refractivity contribution in [1.82, 2.24) is 0 Å². The summed E-state index contributed by atoms with van der Waals surface area (Å²) in [5, 5.41) is 8.49. The fourth-order valence-corrected chi connectivity index (χ4v) is 1.08. The Labute approximate surface area is 89.7 Å². The average molecular weight is 214 g/mol. The molecule has 76 valence electrons. The lowest BCUT2D eigenvalue weighted by molar-refractivity contribution is 0.354. The van der Waals surface area contributed by atoms with Crippen LogP contribution in [0.5, 0.6) is 11.5 Å². The predicted molar refractivity (Wildman–Crippen MR) is 56.1 cm³/mol. The fourth-order valence-electron chi connectivity index (χ4n) is 1.08. The largest absolute Gasteiger partial charge is 0.493 e. The summed E-state index contributed by atoms with van der Waals surface area (Å²) in [6.07, 6.45) is 0.389. The molecule has 0 bridgehead atoms. The van der Waals surface area contributed by atoms with E-state index in [1.54, 1.807) is 20.3 Å². The number of benzene rings is 1. The summed E-state index contributed by atoms with van der Waals surface area (Å²) >= 11 is 0. The van der Waals surface area contributed by atoms with Gasteiger partial charge in [-0.05, 0) is 17.7 Å². The van der Waals surface area contributed by atoms with Gasteiger partial charge in [0.1, 0.15) is 0 Å². The molecule has 0 unspecified atom stereocenters. The monoisotopic (exact) mass is 213 g/mol. The second kappa shape index (κ2) is 6.11. The molecule has 1 aromatic carbocycles. The lowest BCUT2D eigenvalue weighted by atomic mass is 10.1. The van der Waals surface area contributed by atoms with E-state index >= 15 is 0 Å². The Bertz CT molecular complexity index is 333. The Balaban J connectivity index is 0.00000169. The number of hydrogen-bond acceptors (Lipinski definition) is 3. The Morgan fingerprint density at radius 2 is 1.86 bits per heavy atom. The van der Waals surface area contributed by atoms with Gasteiger partial charge in [0, 0.05) is 0 Å². The van der Waals surface area contributed by atoms with Crippen LogP contribution >= 0.6 is 12.4 Å². The molecule has 0 amide bonds. The lowest BCUT2D eigenvalue weighted by Gasteiger charge is -2.07. The van der Waals surface area contributed by atoms with Crippen LogP contribution in [0.2, 0.25) is 0 Å². The number of halogens is 1. The van der Waals surface area contributed by atoms with Crippen LogP contribution in [-0.4, -0.2) is 14.2 Å². The molecular formula is C10H12ClNO2. The third kappa shape index (κ3) is 2.82. The van der Waals surface area contributed by atoms with Gasteiger partial charge < -0.3 is 9.47 Å². The third-order valence-corrected chi connectivity index (χ3v) is 1.73. The Kier molecular flexibility index (Phi) is 5.50. The van der Waals surface area contributed by atoms with Crippen molar-refractivity contribution in [2.24, 2.45) is 0 Å². The summed E-state index contributed by atoms with van der Waals surface area (Å²) in [7, 11) is 3.16. The molecule has 3 nitrogen and oxygen atoms in total. The summed E-state index contributed by atoms with van der Waals surface area (Å²) in [6, 6.07) is 7.53. The van der Waals surface area contributed by atoms with Crippen LogP contribution < -0.4 is 9.47 Å². The topological polar surface area (TPSA) is 42.2 Å². The highest BCUT2D eigenvalue weighted by Gasteiger charge is 2.03. The first kappa shape index (κ1) is 12.6. The molecule has 0 spiro atoms. The molecule has 14 heavy (non-hydrogen) atoms. The quantitative estimate of drug-likeness (QED) is 0.773. The zero-order valence-electron chi connectivity index (χ0n) is 8.11. The van der Waals surface area contributed by atoms with Crippen LogP contribution in [0.15, 0.2) is 18.2 Å². The van der Waals surface area contributed by atoms with Crippen molar-refractivity contribution >= 4 is 12.4 Å². The van der Waals surface area contributed by atoms with Gasteiger partial charge in [0.2, 0.25) is 0 Å². The maximum Gasteiger partial charge on any atom is 0.161 e. The van der Waals surface area contributed by atoms with Crippen molar-refractivity contribution < 1.29 is 9.47 Å². The van der Waals surface area contributed by atoms with Gasteiger partial charge in [-0.1, -0.05) is 6.07 Å². The van der Waals surface area contributed by atoms with Crippen molar-refractivity contribution in [2.45, 2.75) is 6.42 Å². The third-order valence-electron chi connectivity index (χ3n) is 1.73. The molecule has 0 aliphatic rings. The SMILES string of the molecule is COc1ccc(CC#N)cc1OC.Cl. The van der Waals surface area contributed by atoms with Crippen molar-refractivity contribution in [3.05, 3.63) is 23.8 Å². The van der Waals surface area contributed by atoms with Gasteiger partial charge in [0.25, 0.3) is 0 Å². The van der Waals surface area contributed by atoms with Gasteiger partial charge in [-0.3, -0.25) is 0 Å². The number of nitriles is 1. The molecule has 0 fully saturated rings. The average Bonchev–Trinajstić information content (AvgIpc) is 2.18. The van der Waals surface area contributed by atoms with Crippen LogP contribution in [0, 0.1) is 11.3 Å². The molecule has 1 aromatic rings. The molecule has 0 aliphatic carbocycles. The van der Waals surface area contributed by atoms with E-state index in [1.165, 1.54) is 0 Å². The summed E-state index contributed by atoms with van der Waals surface area (Å²) in [5.41, 5.74) is 0.931. The van der Waals surface area contributed by atoms with E-state index in [4.69, 9.17) is 14.7 Å². The van der Waals surface area contributed by atoms with E-state index in [2.05, 4.69) is 6.07 Å². The smallest absolute Gasteiger partial charge is 0.161 e. The Morgan fingerprint density at radius 3 is 2.36 bits per heavy atom. The second-order valence-corrected chi connectivity index (χ2v) is 2.52. The molecule has 0 aliphatic heterocycles. The van der Waals surface area contributed by atoms with Gasteiger partial charge >= 0.3 is 0 Å². The first-order valence-corrected chi connectivity index (χ1v) is 3.89. The maximum atomic E-state index is 8.49. The summed E-state index contributed by atoms with van der Waals surface area (Å²) in [5.74, 6) is 1.35. The number of rotatable bonds is 3. The molecule has 0 atom stereocenters. The van der Waals surface area contributed by atoms with E-state index < -0.39 is 0 Å². The van der Waals surface area contributed by atoms with Crippen LogP contribution in [-0.2, 0) is 6.42 Å². The molecule has 4 heteroatoms. The Morgan fingerprint density at radius 1 is 1.21 bits per heavy atom. The number of ether oxygens (including phenoxy) is 2. The Hall–Kier alpha value is -1.40. The number of methoxy groups -OCH3 is 2. The van der Waals surface area contributed by atoms with Crippen LogP contribution in [0.4, 0.5) is 0 Å². The molecule has 0 aromatic heterocycles. The molecule has 0 N–H and O–H groups in total. The highest BCUT2D eigenvalue weighted by Crippen LogP contribution is 2.27. The fraction of sp³-hybridized carbons (Fsp3) is 0.300. The van der Waals surface area contributed by atoms with Crippen LogP contribution in [0.1, 0.15) is 5.56 Å². The first-order chi connectivity index (χ1) is 6.31. The van der Waals surface area contributed by atoms with Crippen molar-refractivity contribution in [3.63, 3.8) is 0 Å². The minimum atomic E-state index is 0. The summed E-state index contributed by atoms with van der Waals surface area (Å²) in [4.78, 5) is 0. The maximum absolute atomic E-state index is 8.49. The first-order valence-electron chi connectivity index (χ1n) is 3.89. The molecule has 0 radical (unpaired) electrons. The van der Waals surface area contributed by atoms with Crippen LogP contribution in [0.25, 0.3) is 0 Å². The standard InChI is InChI=1S/C10H11NO2.ClH/c1-12-9-4-3-8(5-6-11)7-10(9)13-2;/h3-4,7H,5H2,1-2H3;1H. The lowest BCUT2D eigenvalue weighted by Crippen LogP contribution is -1.91. The normalized spacial score (nSPS) is 8.36. The number of nitrogens with zero attached hydrogens (tertiary/aromatic N) is 1. The van der Waals surface area contributed by atoms with Crippen LogP contribution in [0.3, 0.4) is 0 Å². The minimum absolute atomic E-state index is 0. The zero-order chi connectivity index (χ0) is 9.68. The molecular weight excluding hydrogens is 202 g/mol. The summed E-state index contributed by atoms with van der Waals surface area (Å²) in [6.45, 7) is 0. The van der Waals surface area contributed by atoms with E-state index in [9.17, 15) is 0 Å². The van der Waals surface area contributed by atoms with Gasteiger partial charge in [0.05, 0.1) is 26.7 Å². The summed E-state index contributed by atoms with van der Waals surface area (Å²) < 4.78 is 10.2. The highest BCUT2D eigenvalue weighted by molar-refractivity contribution is 5.85. The predicted octanol–water partition coefficient (Wildman–Crippen LogP) is 2.19. The molecule has 0 heterocycles. The van der Waals surface area contributed by atoms with Gasteiger partial charge in [-0.2, -0.15) is 5.26 Å². The van der Waals surface area contributed by atoms with E-state index in [0.717, 1.165) is 5.56 Å². The van der Waals surface area contributed by atoms with Crippen molar-refractivity contribution in [3.8, 4) is 17.6 Å². The minimum Gasteiger partial charge on any atom is -0.493 e.